The second kappa shape index (κ2) is 7.50. The predicted octanol–water partition coefficient (Wildman–Crippen LogP) is 2.58. The summed E-state index contributed by atoms with van der Waals surface area (Å²) in [4.78, 5) is 24.1. The van der Waals surface area contributed by atoms with Crippen LogP contribution in [0.15, 0.2) is 39.5 Å². The third-order valence-electron chi connectivity index (χ3n) is 4.78. The highest BCUT2D eigenvalue weighted by Gasteiger charge is 2.20. The second-order valence-electron chi connectivity index (χ2n) is 6.80. The van der Waals surface area contributed by atoms with E-state index in [-0.39, 0.29) is 12.2 Å². The van der Waals surface area contributed by atoms with Gasteiger partial charge < -0.3 is 28.5 Å². The molecule has 0 aliphatic carbocycles. The van der Waals surface area contributed by atoms with E-state index < -0.39 is 12.6 Å². The molecule has 0 radical (unpaired) electrons. The van der Waals surface area contributed by atoms with Crippen LogP contribution in [-0.4, -0.2) is 19.4 Å². The summed E-state index contributed by atoms with van der Waals surface area (Å²) in [5.74, 6) is 0.719. The Morgan fingerprint density at radius 2 is 1.97 bits per heavy atom. The maximum Gasteiger partial charge on any atom is 0.231 e. The Hall–Kier alpha value is -3.48. The summed E-state index contributed by atoms with van der Waals surface area (Å²) in [5.41, 5.74) is 2.03. The molecule has 0 atom stereocenters. The van der Waals surface area contributed by atoms with Crippen molar-refractivity contribution in [2.75, 3.05) is 13.4 Å². The lowest BCUT2D eigenvalue weighted by atomic mass is 10.00. The van der Waals surface area contributed by atoms with Crippen LogP contribution in [0.4, 0.5) is 0 Å². The minimum atomic E-state index is -1.32. The fourth-order valence-electron chi connectivity index (χ4n) is 3.50. The Bertz CT molecular complexity index is 1160. The van der Waals surface area contributed by atoms with Crippen molar-refractivity contribution >= 4 is 16.9 Å². The van der Waals surface area contributed by atoms with Crippen LogP contribution in [0.5, 0.6) is 17.2 Å². The van der Waals surface area contributed by atoms with Crippen molar-refractivity contribution in [1.29, 1.82) is 0 Å². The van der Waals surface area contributed by atoms with Gasteiger partial charge in [-0.3, -0.25) is 4.79 Å². The molecule has 0 saturated carbocycles. The molecule has 7 nitrogen and oxygen atoms in total. The third kappa shape index (κ3) is 3.51. The number of aliphatic carboxylic acids is 1. The van der Waals surface area contributed by atoms with Gasteiger partial charge in [-0.15, -0.1) is 0 Å². The largest absolute Gasteiger partial charge is 0.546 e. The van der Waals surface area contributed by atoms with Gasteiger partial charge in [-0.1, -0.05) is 19.4 Å². The highest BCUT2D eigenvalue weighted by molar-refractivity contribution is 5.85. The molecule has 0 N–H and O–H groups in total. The van der Waals surface area contributed by atoms with Crippen molar-refractivity contribution in [3.63, 3.8) is 0 Å². The fourth-order valence-corrected chi connectivity index (χ4v) is 3.50. The topological polar surface area (TPSA) is 98.0 Å². The molecular formula is C22H19O7-. The summed E-state index contributed by atoms with van der Waals surface area (Å²) < 4.78 is 22.0. The van der Waals surface area contributed by atoms with Gasteiger partial charge in [-0.05, 0) is 42.7 Å². The summed E-state index contributed by atoms with van der Waals surface area (Å²) >= 11 is 0. The lowest BCUT2D eigenvalue weighted by Gasteiger charge is -2.14. The lowest BCUT2D eigenvalue weighted by Crippen LogP contribution is -2.29. The molecular weight excluding hydrogens is 376 g/mol. The Labute approximate surface area is 166 Å². The number of benzene rings is 2. The summed E-state index contributed by atoms with van der Waals surface area (Å²) in [7, 11) is 0. The summed E-state index contributed by atoms with van der Waals surface area (Å²) in [6, 6.07) is 8.60. The molecule has 0 unspecified atom stereocenters. The van der Waals surface area contributed by atoms with Crippen LogP contribution >= 0.6 is 0 Å². The molecule has 0 spiro atoms. The third-order valence-corrected chi connectivity index (χ3v) is 4.78. The van der Waals surface area contributed by atoms with Crippen molar-refractivity contribution < 1.29 is 28.5 Å². The molecule has 1 aliphatic rings. The predicted molar refractivity (Wildman–Crippen MR) is 103 cm³/mol. The number of hydrogen-bond donors (Lipinski definition) is 0. The van der Waals surface area contributed by atoms with Crippen molar-refractivity contribution in [3.05, 3.63) is 51.9 Å². The number of carbonyl (C=O) groups excluding carboxylic acids is 1. The van der Waals surface area contributed by atoms with Gasteiger partial charge in [0.25, 0.3) is 0 Å². The minimum absolute atomic E-state index is 0.152. The molecule has 0 saturated heterocycles. The quantitative estimate of drug-likeness (QED) is 0.633. The summed E-state index contributed by atoms with van der Waals surface area (Å²) in [6.45, 7) is 3.28. The molecule has 7 heteroatoms. The van der Waals surface area contributed by atoms with Crippen LogP contribution in [0.3, 0.4) is 0 Å². The smallest absolute Gasteiger partial charge is 0.231 e. The van der Waals surface area contributed by atoms with Gasteiger partial charge in [0.05, 0.1) is 16.9 Å². The van der Waals surface area contributed by atoms with Crippen LogP contribution in [0.2, 0.25) is 0 Å². The second-order valence-corrected chi connectivity index (χ2v) is 6.80. The number of carbonyl (C=O) groups is 1. The molecule has 1 aromatic heterocycles. The molecule has 0 fully saturated rings. The Balaban J connectivity index is 1.87. The Morgan fingerprint density at radius 3 is 2.72 bits per heavy atom. The molecule has 4 rings (SSSR count). The first-order valence-corrected chi connectivity index (χ1v) is 9.31. The van der Waals surface area contributed by atoms with Crippen LogP contribution in [0.1, 0.15) is 24.7 Å². The van der Waals surface area contributed by atoms with E-state index in [4.69, 9.17) is 18.6 Å². The van der Waals surface area contributed by atoms with Crippen molar-refractivity contribution in [2.45, 2.75) is 26.7 Å². The monoisotopic (exact) mass is 395 g/mol. The van der Waals surface area contributed by atoms with Crippen LogP contribution in [-0.2, 0) is 11.2 Å². The number of ether oxygens (including phenoxy) is 3. The maximum atomic E-state index is 13.3. The molecule has 2 heterocycles. The van der Waals surface area contributed by atoms with Gasteiger partial charge in [0.1, 0.15) is 23.7 Å². The van der Waals surface area contributed by atoms with Crippen molar-refractivity contribution in [3.8, 4) is 28.4 Å². The van der Waals surface area contributed by atoms with Gasteiger partial charge in [0.15, 0.2) is 11.5 Å². The van der Waals surface area contributed by atoms with E-state index in [0.29, 0.717) is 51.5 Å². The molecule has 1 aliphatic heterocycles. The first kappa shape index (κ1) is 18.9. The Morgan fingerprint density at radius 1 is 1.17 bits per heavy atom. The van der Waals surface area contributed by atoms with E-state index in [1.54, 1.807) is 37.3 Å². The normalized spacial score (nSPS) is 12.3. The highest BCUT2D eigenvalue weighted by Crippen LogP contribution is 2.37. The molecule has 150 valence electrons. The SMILES string of the molecule is CCCc1cc2c(=O)c(-c3ccc4c(c3)OCO4)c(C)oc2cc1OCC(=O)[O-]. The Kier molecular flexibility index (Phi) is 4.88. The number of carboxylic acid groups (broad SMARTS) is 1. The zero-order valence-electron chi connectivity index (χ0n) is 16.1. The van der Waals surface area contributed by atoms with E-state index in [1.165, 1.54) is 0 Å². The van der Waals surface area contributed by atoms with Crippen molar-refractivity contribution in [1.82, 2.24) is 0 Å². The first-order chi connectivity index (χ1) is 14.0. The lowest BCUT2D eigenvalue weighted by molar-refractivity contribution is -0.307. The van der Waals surface area contributed by atoms with Gasteiger partial charge in [0, 0.05) is 6.07 Å². The summed E-state index contributed by atoms with van der Waals surface area (Å²) in [5, 5.41) is 11.2. The zero-order valence-corrected chi connectivity index (χ0v) is 16.1. The number of rotatable bonds is 6. The number of aryl methyl sites for hydroxylation is 2. The van der Waals surface area contributed by atoms with Gasteiger partial charge in [-0.2, -0.15) is 0 Å². The fraction of sp³-hybridized carbons (Fsp3) is 0.273. The van der Waals surface area contributed by atoms with Crippen molar-refractivity contribution in [2.24, 2.45) is 0 Å². The standard InChI is InChI=1S/C22H20O7/c1-3-4-13-7-15-18(9-17(13)26-10-20(23)24)29-12(2)21(22(15)25)14-5-6-16-19(8-14)28-11-27-16/h5-9H,3-4,10-11H2,1-2H3,(H,23,24)/p-1. The molecule has 0 amide bonds. The minimum Gasteiger partial charge on any atom is -0.546 e. The molecule has 0 bridgehead atoms. The molecule has 2 aromatic carbocycles. The van der Waals surface area contributed by atoms with Gasteiger partial charge in [0.2, 0.25) is 12.2 Å². The number of fused-ring (bicyclic) bond motifs is 2. The van der Waals surface area contributed by atoms with Crippen LogP contribution in [0.25, 0.3) is 22.1 Å². The highest BCUT2D eigenvalue weighted by atomic mass is 16.7. The average molecular weight is 395 g/mol. The first-order valence-electron chi connectivity index (χ1n) is 9.31. The van der Waals surface area contributed by atoms with Gasteiger partial charge in [-0.25, -0.2) is 0 Å². The number of hydrogen-bond acceptors (Lipinski definition) is 7. The molecule has 3 aromatic rings. The number of carboxylic acids is 1. The summed E-state index contributed by atoms with van der Waals surface area (Å²) in [6.07, 6.45) is 1.43. The van der Waals surface area contributed by atoms with Crippen LogP contribution in [0, 0.1) is 6.92 Å². The van der Waals surface area contributed by atoms with Gasteiger partial charge >= 0.3 is 0 Å². The van der Waals surface area contributed by atoms with E-state index in [9.17, 15) is 14.7 Å². The average Bonchev–Trinajstić information content (AvgIpc) is 3.15. The van der Waals surface area contributed by atoms with E-state index in [1.807, 2.05) is 6.92 Å². The zero-order chi connectivity index (χ0) is 20.5. The van der Waals surface area contributed by atoms with E-state index >= 15 is 0 Å². The van der Waals surface area contributed by atoms with Crippen LogP contribution < -0.4 is 24.7 Å². The van der Waals surface area contributed by atoms with E-state index in [0.717, 1.165) is 12.0 Å². The van der Waals surface area contributed by atoms with E-state index in [2.05, 4.69) is 0 Å². The molecule has 29 heavy (non-hydrogen) atoms. The maximum absolute atomic E-state index is 13.3.